The molecule has 1 atom stereocenters. The Hall–Kier alpha value is -1.02. The van der Waals surface area contributed by atoms with E-state index in [1.807, 2.05) is 0 Å². The van der Waals surface area contributed by atoms with Crippen molar-refractivity contribution in [2.75, 3.05) is 6.61 Å². The minimum atomic E-state index is 0.520. The van der Waals surface area contributed by atoms with Crippen LogP contribution in [0.1, 0.15) is 49.8 Å². The molecule has 1 aliphatic carbocycles. The van der Waals surface area contributed by atoms with Crippen LogP contribution in [0.2, 0.25) is 0 Å². The summed E-state index contributed by atoms with van der Waals surface area (Å²) in [6.45, 7) is 3.12. The van der Waals surface area contributed by atoms with E-state index in [1.165, 1.54) is 30.4 Å². The van der Waals surface area contributed by atoms with E-state index in [4.69, 9.17) is 4.74 Å². The van der Waals surface area contributed by atoms with Crippen LogP contribution in [0.4, 0.5) is 0 Å². The van der Waals surface area contributed by atoms with Crippen LogP contribution in [-0.4, -0.2) is 12.6 Å². The molecule has 0 amide bonds. The molecule has 1 aromatic rings. The summed E-state index contributed by atoms with van der Waals surface area (Å²) >= 11 is 0. The SMILES string of the molecule is CCC(NC1CCC1)c1ccc2c(c1)CCO2. The van der Waals surface area contributed by atoms with E-state index in [1.54, 1.807) is 0 Å². The molecule has 0 radical (unpaired) electrons. The molecule has 0 bridgehead atoms. The van der Waals surface area contributed by atoms with Crippen molar-refractivity contribution in [3.8, 4) is 5.75 Å². The summed E-state index contributed by atoms with van der Waals surface area (Å²) in [6, 6.07) is 7.98. The van der Waals surface area contributed by atoms with Crippen molar-refractivity contribution in [2.45, 2.75) is 51.1 Å². The van der Waals surface area contributed by atoms with Gasteiger partial charge in [-0.15, -0.1) is 0 Å². The van der Waals surface area contributed by atoms with E-state index in [-0.39, 0.29) is 0 Å². The van der Waals surface area contributed by atoms with Gasteiger partial charge in [0.25, 0.3) is 0 Å². The van der Waals surface area contributed by atoms with E-state index >= 15 is 0 Å². The van der Waals surface area contributed by atoms with Gasteiger partial charge in [-0.3, -0.25) is 0 Å². The minimum absolute atomic E-state index is 0.520. The highest BCUT2D eigenvalue weighted by Gasteiger charge is 2.22. The number of rotatable bonds is 4. The lowest BCUT2D eigenvalue weighted by molar-refractivity contribution is 0.301. The van der Waals surface area contributed by atoms with Crippen molar-refractivity contribution >= 4 is 0 Å². The first-order valence-corrected chi connectivity index (χ1v) is 6.88. The molecule has 0 saturated heterocycles. The highest BCUT2D eigenvalue weighted by Crippen LogP contribution is 2.30. The van der Waals surface area contributed by atoms with Gasteiger partial charge in [-0.1, -0.05) is 25.5 Å². The highest BCUT2D eigenvalue weighted by molar-refractivity contribution is 5.40. The van der Waals surface area contributed by atoms with Gasteiger partial charge in [0.05, 0.1) is 6.61 Å². The number of ether oxygens (including phenoxy) is 1. The lowest BCUT2D eigenvalue weighted by Gasteiger charge is -2.31. The fourth-order valence-corrected chi connectivity index (χ4v) is 2.73. The second-order valence-electron chi connectivity index (χ2n) is 5.22. The molecule has 1 N–H and O–H groups in total. The molecule has 1 aromatic carbocycles. The predicted molar refractivity (Wildman–Crippen MR) is 69.4 cm³/mol. The fourth-order valence-electron chi connectivity index (χ4n) is 2.73. The van der Waals surface area contributed by atoms with E-state index in [0.717, 1.165) is 31.2 Å². The topological polar surface area (TPSA) is 21.3 Å². The summed E-state index contributed by atoms with van der Waals surface area (Å²) in [5.74, 6) is 1.09. The van der Waals surface area contributed by atoms with Crippen molar-refractivity contribution in [3.05, 3.63) is 29.3 Å². The maximum absolute atomic E-state index is 5.56. The van der Waals surface area contributed by atoms with Crippen LogP contribution in [-0.2, 0) is 6.42 Å². The van der Waals surface area contributed by atoms with Gasteiger partial charge >= 0.3 is 0 Å². The van der Waals surface area contributed by atoms with Gasteiger partial charge in [-0.25, -0.2) is 0 Å². The van der Waals surface area contributed by atoms with Gasteiger partial charge in [-0.05, 0) is 36.5 Å². The number of fused-ring (bicyclic) bond motifs is 1. The van der Waals surface area contributed by atoms with Gasteiger partial charge in [0, 0.05) is 18.5 Å². The third-order valence-corrected chi connectivity index (χ3v) is 4.07. The lowest BCUT2D eigenvalue weighted by atomic mass is 9.90. The zero-order valence-electron chi connectivity index (χ0n) is 10.5. The molecule has 2 heteroatoms. The van der Waals surface area contributed by atoms with Crippen molar-refractivity contribution < 1.29 is 4.74 Å². The Balaban J connectivity index is 1.76. The van der Waals surface area contributed by atoms with Gasteiger partial charge < -0.3 is 10.1 Å². The summed E-state index contributed by atoms with van der Waals surface area (Å²) in [7, 11) is 0. The Morgan fingerprint density at radius 3 is 3.00 bits per heavy atom. The average molecular weight is 231 g/mol. The van der Waals surface area contributed by atoms with Gasteiger partial charge in [0.2, 0.25) is 0 Å². The standard InChI is InChI=1S/C15H21NO/c1-2-14(16-13-4-3-5-13)11-6-7-15-12(10-11)8-9-17-15/h6-7,10,13-14,16H,2-5,8-9H2,1H3. The largest absolute Gasteiger partial charge is 0.493 e. The molecule has 2 aliphatic rings. The zero-order valence-corrected chi connectivity index (χ0v) is 10.5. The van der Waals surface area contributed by atoms with Crippen molar-refractivity contribution in [1.29, 1.82) is 0 Å². The average Bonchev–Trinajstić information content (AvgIpc) is 2.75. The van der Waals surface area contributed by atoms with E-state index < -0.39 is 0 Å². The van der Waals surface area contributed by atoms with Crippen molar-refractivity contribution in [2.24, 2.45) is 0 Å². The number of benzene rings is 1. The van der Waals surface area contributed by atoms with Gasteiger partial charge in [0.1, 0.15) is 5.75 Å². The summed E-state index contributed by atoms with van der Waals surface area (Å²) in [4.78, 5) is 0. The highest BCUT2D eigenvalue weighted by atomic mass is 16.5. The molecule has 1 unspecified atom stereocenters. The van der Waals surface area contributed by atoms with Crippen LogP contribution in [0.5, 0.6) is 5.75 Å². The molecule has 2 nitrogen and oxygen atoms in total. The Morgan fingerprint density at radius 2 is 2.29 bits per heavy atom. The van der Waals surface area contributed by atoms with Crippen molar-refractivity contribution in [3.63, 3.8) is 0 Å². The first kappa shape index (κ1) is 11.1. The van der Waals surface area contributed by atoms with Gasteiger partial charge in [-0.2, -0.15) is 0 Å². The van der Waals surface area contributed by atoms with Gasteiger partial charge in [0.15, 0.2) is 0 Å². The second-order valence-corrected chi connectivity index (χ2v) is 5.22. The summed E-state index contributed by atoms with van der Waals surface area (Å²) in [5, 5.41) is 3.77. The van der Waals surface area contributed by atoms with Crippen LogP contribution in [0.15, 0.2) is 18.2 Å². The zero-order chi connectivity index (χ0) is 11.7. The Morgan fingerprint density at radius 1 is 1.41 bits per heavy atom. The lowest BCUT2D eigenvalue weighted by Crippen LogP contribution is -2.37. The molecule has 0 aromatic heterocycles. The van der Waals surface area contributed by atoms with Crippen LogP contribution >= 0.6 is 0 Å². The van der Waals surface area contributed by atoms with Crippen LogP contribution in [0.25, 0.3) is 0 Å². The van der Waals surface area contributed by atoms with Crippen LogP contribution in [0, 0.1) is 0 Å². The molecular weight excluding hydrogens is 210 g/mol. The molecule has 3 rings (SSSR count). The van der Waals surface area contributed by atoms with Crippen LogP contribution < -0.4 is 10.1 Å². The molecule has 0 spiro atoms. The van der Waals surface area contributed by atoms with E-state index in [2.05, 4.69) is 30.4 Å². The second kappa shape index (κ2) is 4.69. The number of hydrogen-bond donors (Lipinski definition) is 1. The molecule has 17 heavy (non-hydrogen) atoms. The molecule has 1 fully saturated rings. The molecule has 1 aliphatic heterocycles. The van der Waals surface area contributed by atoms with Crippen LogP contribution in [0.3, 0.4) is 0 Å². The predicted octanol–water partition coefficient (Wildman–Crippen LogP) is 3.21. The smallest absolute Gasteiger partial charge is 0.122 e. The number of nitrogens with one attached hydrogen (secondary N) is 1. The normalized spacial score (nSPS) is 20.5. The number of hydrogen-bond acceptors (Lipinski definition) is 2. The summed E-state index contributed by atoms with van der Waals surface area (Å²) < 4.78 is 5.56. The van der Waals surface area contributed by atoms with E-state index in [9.17, 15) is 0 Å². The molecule has 1 heterocycles. The summed E-state index contributed by atoms with van der Waals surface area (Å²) in [6.07, 6.45) is 6.33. The van der Waals surface area contributed by atoms with Crippen molar-refractivity contribution in [1.82, 2.24) is 5.32 Å². The maximum atomic E-state index is 5.56. The maximum Gasteiger partial charge on any atom is 0.122 e. The first-order valence-electron chi connectivity index (χ1n) is 6.88. The fraction of sp³-hybridized carbons (Fsp3) is 0.600. The third kappa shape index (κ3) is 2.19. The van der Waals surface area contributed by atoms with E-state index in [0.29, 0.717) is 6.04 Å². The third-order valence-electron chi connectivity index (χ3n) is 4.07. The Labute approximate surface area is 103 Å². The monoisotopic (exact) mass is 231 g/mol. The molecular formula is C15H21NO. The molecule has 92 valence electrons. The Bertz CT molecular complexity index is 398. The quantitative estimate of drug-likeness (QED) is 0.859. The Kier molecular flexibility index (Phi) is 3.06. The first-order chi connectivity index (χ1) is 8.36. The molecule has 1 saturated carbocycles. The minimum Gasteiger partial charge on any atom is -0.493 e. The summed E-state index contributed by atoms with van der Waals surface area (Å²) in [5.41, 5.74) is 2.82.